The minimum absolute atomic E-state index is 0.00240. The molecule has 1 N–H and O–H groups in total. The lowest BCUT2D eigenvalue weighted by atomic mass is 10.1. The van der Waals surface area contributed by atoms with E-state index < -0.39 is 18.5 Å². The van der Waals surface area contributed by atoms with Crippen molar-refractivity contribution in [3.63, 3.8) is 0 Å². The van der Waals surface area contributed by atoms with Crippen LogP contribution < -0.4 is 5.32 Å². The van der Waals surface area contributed by atoms with E-state index >= 15 is 0 Å². The molecule has 1 amide bonds. The van der Waals surface area contributed by atoms with Crippen LogP contribution in [-0.4, -0.2) is 24.3 Å². The van der Waals surface area contributed by atoms with Crippen molar-refractivity contribution in [1.29, 1.82) is 0 Å². The van der Waals surface area contributed by atoms with Gasteiger partial charge in [0.05, 0.1) is 0 Å². The zero-order valence-electron chi connectivity index (χ0n) is 16.2. The number of benzene rings is 2. The maximum Gasteiger partial charge on any atom is 0.374 e. The highest BCUT2D eigenvalue weighted by Crippen LogP contribution is 2.23. The lowest BCUT2D eigenvalue weighted by molar-refractivity contribution is -0.119. The third kappa shape index (κ3) is 4.99. The molecule has 0 bridgehead atoms. The summed E-state index contributed by atoms with van der Waals surface area (Å²) in [4.78, 5) is 35.6. The van der Waals surface area contributed by atoms with Crippen molar-refractivity contribution in [1.82, 2.24) is 0 Å². The normalized spacial score (nSPS) is 10.4. The van der Waals surface area contributed by atoms with Gasteiger partial charge in [0.2, 0.25) is 5.76 Å². The first-order valence-electron chi connectivity index (χ1n) is 9.24. The number of esters is 1. The molecule has 0 aliphatic carbocycles. The monoisotopic (exact) mass is 391 g/mol. The average molecular weight is 391 g/mol. The van der Waals surface area contributed by atoms with Gasteiger partial charge in [0.25, 0.3) is 5.91 Å². The number of hydrogen-bond acceptors (Lipinski definition) is 5. The molecule has 0 saturated heterocycles. The summed E-state index contributed by atoms with van der Waals surface area (Å²) in [6.07, 6.45) is 0.777. The van der Waals surface area contributed by atoms with Crippen LogP contribution in [0.1, 0.15) is 40.3 Å². The number of para-hydroxylation sites is 1. The second-order valence-electron chi connectivity index (χ2n) is 6.43. The number of Topliss-reactive ketones (excluding diaryl/α,β-unsaturated/α-hetero) is 1. The van der Waals surface area contributed by atoms with Gasteiger partial charge in [-0.05, 0) is 37.1 Å². The molecule has 3 rings (SSSR count). The summed E-state index contributed by atoms with van der Waals surface area (Å²) in [6.45, 7) is 3.07. The van der Waals surface area contributed by atoms with E-state index in [4.69, 9.17) is 9.15 Å². The number of anilines is 1. The van der Waals surface area contributed by atoms with Crippen molar-refractivity contribution in [3.05, 3.63) is 77.6 Å². The molecule has 0 unspecified atom stereocenters. The Hall–Kier alpha value is -3.67. The lowest BCUT2D eigenvalue weighted by Crippen LogP contribution is -2.21. The molecule has 0 radical (unpaired) electrons. The first-order valence-corrected chi connectivity index (χ1v) is 9.24. The molecule has 0 aliphatic rings. The van der Waals surface area contributed by atoms with Crippen LogP contribution in [-0.2, 0) is 16.0 Å². The van der Waals surface area contributed by atoms with Crippen molar-refractivity contribution < 1.29 is 23.5 Å². The summed E-state index contributed by atoms with van der Waals surface area (Å²) in [5.74, 6) is -0.715. The van der Waals surface area contributed by atoms with Gasteiger partial charge in [-0.25, -0.2) is 4.79 Å². The summed E-state index contributed by atoms with van der Waals surface area (Å²) in [6, 6.07) is 17.4. The van der Waals surface area contributed by atoms with E-state index in [2.05, 4.69) is 5.32 Å². The quantitative estimate of drug-likeness (QED) is 0.473. The fraction of sp³-hybridized carbons (Fsp3) is 0.174. The first-order chi connectivity index (χ1) is 14.0. The number of furan rings is 1. The summed E-state index contributed by atoms with van der Waals surface area (Å²) in [5, 5.41) is 2.74. The molecule has 0 saturated carbocycles. The third-order valence-electron chi connectivity index (χ3n) is 4.39. The standard InChI is InChI=1S/C23H21NO5/c1-3-16-6-4-5-7-19(16)24-22(26)14-28-23(27)21-13-12-20(29-21)18-10-8-17(9-11-18)15(2)25/h4-13H,3,14H2,1-2H3,(H,24,26). The van der Waals surface area contributed by atoms with Crippen LogP contribution >= 0.6 is 0 Å². The van der Waals surface area contributed by atoms with Crippen LogP contribution in [0.25, 0.3) is 11.3 Å². The van der Waals surface area contributed by atoms with Crippen molar-refractivity contribution >= 4 is 23.3 Å². The predicted octanol–water partition coefficient (Wildman–Crippen LogP) is 4.51. The summed E-state index contributed by atoms with van der Waals surface area (Å²) in [5.41, 5.74) is 3.02. The number of amides is 1. The number of aryl methyl sites for hydroxylation is 1. The van der Waals surface area contributed by atoms with Crippen LogP contribution in [0.15, 0.2) is 65.1 Å². The Kier molecular flexibility index (Phi) is 6.24. The van der Waals surface area contributed by atoms with Crippen LogP contribution in [0.5, 0.6) is 0 Å². The highest BCUT2D eigenvalue weighted by atomic mass is 16.5. The van der Waals surface area contributed by atoms with E-state index in [0.29, 0.717) is 17.0 Å². The second-order valence-corrected chi connectivity index (χ2v) is 6.43. The van der Waals surface area contributed by atoms with E-state index in [1.54, 1.807) is 36.4 Å². The van der Waals surface area contributed by atoms with Gasteiger partial charge in [0, 0.05) is 16.8 Å². The summed E-state index contributed by atoms with van der Waals surface area (Å²) < 4.78 is 10.6. The van der Waals surface area contributed by atoms with Crippen molar-refractivity contribution in [2.24, 2.45) is 0 Å². The smallest absolute Gasteiger partial charge is 0.374 e. The van der Waals surface area contributed by atoms with Crippen molar-refractivity contribution in [2.45, 2.75) is 20.3 Å². The van der Waals surface area contributed by atoms with E-state index in [1.165, 1.54) is 13.0 Å². The molecule has 1 aromatic heterocycles. The zero-order chi connectivity index (χ0) is 20.8. The Bertz CT molecular complexity index is 1030. The fourth-order valence-corrected chi connectivity index (χ4v) is 2.81. The molecule has 0 fully saturated rings. The average Bonchev–Trinajstić information content (AvgIpc) is 3.23. The van der Waals surface area contributed by atoms with Crippen molar-refractivity contribution in [3.8, 4) is 11.3 Å². The molecule has 6 nitrogen and oxygen atoms in total. The van der Waals surface area contributed by atoms with Gasteiger partial charge in [-0.3, -0.25) is 9.59 Å². The summed E-state index contributed by atoms with van der Waals surface area (Å²) >= 11 is 0. The highest BCUT2D eigenvalue weighted by molar-refractivity contribution is 5.95. The SMILES string of the molecule is CCc1ccccc1NC(=O)COC(=O)c1ccc(-c2ccc(C(C)=O)cc2)o1. The van der Waals surface area contributed by atoms with Gasteiger partial charge in [-0.15, -0.1) is 0 Å². The maximum absolute atomic E-state index is 12.2. The molecule has 2 aromatic carbocycles. The maximum atomic E-state index is 12.2. The lowest BCUT2D eigenvalue weighted by Gasteiger charge is -2.09. The second kappa shape index (κ2) is 9.01. The molecule has 6 heteroatoms. The van der Waals surface area contributed by atoms with Crippen LogP contribution in [0, 0.1) is 0 Å². The molecular formula is C23H21NO5. The zero-order valence-corrected chi connectivity index (χ0v) is 16.2. The van der Waals surface area contributed by atoms with Crippen LogP contribution in [0.2, 0.25) is 0 Å². The predicted molar refractivity (Wildman–Crippen MR) is 109 cm³/mol. The Labute approximate surface area is 168 Å². The number of rotatable bonds is 7. The van der Waals surface area contributed by atoms with Crippen molar-refractivity contribution in [2.75, 3.05) is 11.9 Å². The van der Waals surface area contributed by atoms with E-state index in [0.717, 1.165) is 17.5 Å². The Balaban J connectivity index is 1.59. The molecule has 1 heterocycles. The van der Waals surface area contributed by atoms with E-state index in [9.17, 15) is 14.4 Å². The van der Waals surface area contributed by atoms with Gasteiger partial charge in [0.1, 0.15) is 5.76 Å². The molecule has 3 aromatic rings. The van der Waals surface area contributed by atoms with Gasteiger partial charge in [-0.1, -0.05) is 49.4 Å². The fourth-order valence-electron chi connectivity index (χ4n) is 2.81. The Morgan fingerprint density at radius 3 is 2.38 bits per heavy atom. The highest BCUT2D eigenvalue weighted by Gasteiger charge is 2.16. The van der Waals surface area contributed by atoms with Gasteiger partial charge in [-0.2, -0.15) is 0 Å². The number of ketones is 1. The van der Waals surface area contributed by atoms with Gasteiger partial charge >= 0.3 is 5.97 Å². The molecule has 0 spiro atoms. The third-order valence-corrected chi connectivity index (χ3v) is 4.39. The topological polar surface area (TPSA) is 85.6 Å². The number of hydrogen-bond donors (Lipinski definition) is 1. The van der Waals surface area contributed by atoms with Crippen LogP contribution in [0.4, 0.5) is 5.69 Å². The molecule has 0 aliphatic heterocycles. The number of ether oxygens (including phenoxy) is 1. The molecule has 148 valence electrons. The Morgan fingerprint density at radius 2 is 1.69 bits per heavy atom. The first kappa shape index (κ1) is 20.1. The van der Waals surface area contributed by atoms with Crippen LogP contribution in [0.3, 0.4) is 0 Å². The minimum atomic E-state index is -0.726. The number of nitrogens with one attached hydrogen (secondary N) is 1. The molecule has 29 heavy (non-hydrogen) atoms. The van der Waals surface area contributed by atoms with Gasteiger partial charge in [0.15, 0.2) is 12.4 Å². The minimum Gasteiger partial charge on any atom is -0.450 e. The number of carbonyl (C=O) groups excluding carboxylic acids is 3. The summed E-state index contributed by atoms with van der Waals surface area (Å²) in [7, 11) is 0. The van der Waals surface area contributed by atoms with E-state index in [1.807, 2.05) is 25.1 Å². The van der Waals surface area contributed by atoms with E-state index in [-0.39, 0.29) is 11.5 Å². The Morgan fingerprint density at radius 1 is 0.966 bits per heavy atom. The number of carbonyl (C=O) groups is 3. The van der Waals surface area contributed by atoms with Gasteiger partial charge < -0.3 is 14.5 Å². The largest absolute Gasteiger partial charge is 0.450 e. The molecule has 0 atom stereocenters. The molecular weight excluding hydrogens is 370 g/mol.